The number of rotatable bonds is 1. The highest BCUT2D eigenvalue weighted by Gasteiger charge is 2.44. The minimum absolute atomic E-state index is 0.426. The van der Waals surface area contributed by atoms with Crippen LogP contribution in [0.3, 0.4) is 0 Å². The summed E-state index contributed by atoms with van der Waals surface area (Å²) in [5.41, 5.74) is 1.11. The molecule has 0 N–H and O–H groups in total. The second-order valence-corrected chi connectivity index (χ2v) is 9.67. The molecule has 0 nitrogen and oxygen atoms in total. The Labute approximate surface area is 164 Å². The third-order valence-corrected chi connectivity index (χ3v) is 11.1. The lowest BCUT2D eigenvalue weighted by Crippen LogP contribution is -2.17. The average molecular weight is 694 g/mol. The van der Waals surface area contributed by atoms with E-state index in [9.17, 15) is 0 Å². The molecule has 0 amide bonds. The van der Waals surface area contributed by atoms with Crippen LogP contribution in [0, 0.1) is 0 Å². The first-order valence-electron chi connectivity index (χ1n) is 4.56. The van der Waals surface area contributed by atoms with Crippen LogP contribution in [-0.2, 0) is 4.32 Å². The summed E-state index contributed by atoms with van der Waals surface area (Å²) >= 11 is 25.3. The predicted molar refractivity (Wildman–Crippen MR) is 102 cm³/mol. The summed E-state index contributed by atoms with van der Waals surface area (Å²) in [6.07, 6.45) is 0. The van der Waals surface area contributed by atoms with Crippen molar-refractivity contribution in [1.82, 2.24) is 0 Å². The quantitative estimate of drug-likeness (QED) is 0.263. The van der Waals surface area contributed by atoms with Gasteiger partial charge in [-0.1, -0.05) is 85.7 Å². The third kappa shape index (κ3) is 2.59. The molecule has 0 heterocycles. The molecule has 0 radical (unpaired) electrons. The van der Waals surface area contributed by atoms with E-state index in [2.05, 4.69) is 118 Å². The topological polar surface area (TPSA) is 0 Å². The molecule has 96 valence electrons. The smallest absolute Gasteiger partial charge is 0.0683 e. The highest BCUT2D eigenvalue weighted by molar-refractivity contribution is 9.18. The molecule has 0 fully saturated rings. The average Bonchev–Trinajstić information content (AvgIpc) is 2.46. The number of allylic oxidation sites excluding steroid dienone is 4. The van der Waals surface area contributed by atoms with E-state index >= 15 is 0 Å². The first kappa shape index (κ1) is 16.4. The van der Waals surface area contributed by atoms with Gasteiger partial charge in [-0.05, 0) is 49.6 Å². The van der Waals surface area contributed by atoms with Gasteiger partial charge in [-0.15, -0.1) is 0 Å². The SMILES string of the molecule is BrC1=C(Br)C(Br)(c2ccc(Br)cc2Br)C(Br)=C1Br. The van der Waals surface area contributed by atoms with Crippen LogP contribution in [0.1, 0.15) is 5.56 Å². The van der Waals surface area contributed by atoms with Crippen LogP contribution < -0.4 is 0 Å². The van der Waals surface area contributed by atoms with Crippen molar-refractivity contribution in [2.75, 3.05) is 0 Å². The normalized spacial score (nSPS) is 18.8. The number of benzene rings is 1. The molecular formula is C11H3Br7. The van der Waals surface area contributed by atoms with Gasteiger partial charge in [0.1, 0.15) is 4.32 Å². The van der Waals surface area contributed by atoms with Gasteiger partial charge >= 0.3 is 0 Å². The minimum atomic E-state index is -0.426. The van der Waals surface area contributed by atoms with Gasteiger partial charge in [-0.2, -0.15) is 0 Å². The van der Waals surface area contributed by atoms with E-state index in [4.69, 9.17) is 0 Å². The van der Waals surface area contributed by atoms with Gasteiger partial charge in [0.05, 0.1) is 0 Å². The van der Waals surface area contributed by atoms with Crippen LogP contribution in [0.5, 0.6) is 0 Å². The Morgan fingerprint density at radius 2 is 1.28 bits per heavy atom. The molecule has 1 aliphatic carbocycles. The van der Waals surface area contributed by atoms with Crippen molar-refractivity contribution in [3.8, 4) is 0 Å². The van der Waals surface area contributed by atoms with Crippen molar-refractivity contribution < 1.29 is 0 Å². The van der Waals surface area contributed by atoms with Crippen LogP contribution in [0.15, 0.2) is 45.1 Å². The Morgan fingerprint density at radius 1 is 0.778 bits per heavy atom. The standard InChI is InChI=1S/C11H3Br7/c12-4-1-2-5(6(13)3-4)11(18)9(16)7(14)8(15)10(11)17/h1-3H. The second kappa shape index (κ2) is 6.05. The van der Waals surface area contributed by atoms with Crippen LogP contribution in [-0.4, -0.2) is 0 Å². The number of hydrogen-bond acceptors (Lipinski definition) is 0. The van der Waals surface area contributed by atoms with E-state index in [1.807, 2.05) is 12.1 Å². The number of alkyl halides is 1. The molecule has 0 saturated carbocycles. The second-order valence-electron chi connectivity index (χ2n) is 3.54. The summed E-state index contributed by atoms with van der Waals surface area (Å²) in [5.74, 6) is 0. The Balaban J connectivity index is 2.70. The molecule has 0 aliphatic heterocycles. The van der Waals surface area contributed by atoms with Crippen LogP contribution in [0.2, 0.25) is 0 Å². The molecule has 18 heavy (non-hydrogen) atoms. The van der Waals surface area contributed by atoms with E-state index in [1.54, 1.807) is 0 Å². The lowest BCUT2D eigenvalue weighted by molar-refractivity contribution is 0.996. The molecule has 0 spiro atoms. The Morgan fingerprint density at radius 3 is 1.72 bits per heavy atom. The third-order valence-electron chi connectivity index (χ3n) is 2.49. The maximum Gasteiger partial charge on any atom is 0.117 e. The molecule has 2 rings (SSSR count). The summed E-state index contributed by atoms with van der Waals surface area (Å²) in [5, 5.41) is 0. The van der Waals surface area contributed by atoms with Crippen LogP contribution in [0.4, 0.5) is 0 Å². The Hall–Kier alpha value is 2.06. The molecule has 0 unspecified atom stereocenters. The van der Waals surface area contributed by atoms with E-state index in [-0.39, 0.29) is 0 Å². The Kier molecular flexibility index (Phi) is 5.52. The lowest BCUT2D eigenvalue weighted by Gasteiger charge is -2.26. The van der Waals surface area contributed by atoms with Crippen molar-refractivity contribution in [3.05, 3.63) is 50.6 Å². The highest BCUT2D eigenvalue weighted by Crippen LogP contribution is 2.61. The van der Waals surface area contributed by atoms with Gasteiger partial charge in [0, 0.05) is 26.9 Å². The molecule has 0 atom stereocenters. The lowest BCUT2D eigenvalue weighted by atomic mass is 10.0. The fourth-order valence-electron chi connectivity index (χ4n) is 1.60. The predicted octanol–water partition coefficient (Wildman–Crippen LogP) is 7.82. The highest BCUT2D eigenvalue weighted by atomic mass is 79.9. The van der Waals surface area contributed by atoms with Crippen LogP contribution in [0.25, 0.3) is 0 Å². The fourth-order valence-corrected chi connectivity index (χ4v) is 7.49. The van der Waals surface area contributed by atoms with Gasteiger partial charge in [-0.25, -0.2) is 0 Å². The summed E-state index contributed by atoms with van der Waals surface area (Å²) in [6, 6.07) is 6.11. The van der Waals surface area contributed by atoms with E-state index in [0.717, 1.165) is 32.4 Å². The van der Waals surface area contributed by atoms with Crippen molar-refractivity contribution in [2.24, 2.45) is 0 Å². The molecule has 7 heteroatoms. The largest absolute Gasteiger partial charge is 0.117 e. The first-order chi connectivity index (χ1) is 8.30. The molecule has 0 bridgehead atoms. The maximum atomic E-state index is 3.83. The zero-order chi connectivity index (χ0) is 13.7. The molecule has 1 aromatic carbocycles. The number of hydrogen-bond donors (Lipinski definition) is 0. The molecule has 1 aliphatic rings. The molecule has 0 aromatic heterocycles. The van der Waals surface area contributed by atoms with Crippen molar-refractivity contribution >= 4 is 112 Å². The monoisotopic (exact) mass is 687 g/mol. The zero-order valence-corrected chi connectivity index (χ0v) is 19.5. The zero-order valence-electron chi connectivity index (χ0n) is 8.38. The minimum Gasteiger partial charge on any atom is -0.0683 e. The van der Waals surface area contributed by atoms with Crippen LogP contribution >= 0.6 is 112 Å². The van der Waals surface area contributed by atoms with Crippen molar-refractivity contribution in [3.63, 3.8) is 0 Å². The van der Waals surface area contributed by atoms with Gasteiger partial charge in [0.2, 0.25) is 0 Å². The van der Waals surface area contributed by atoms with Crippen molar-refractivity contribution in [1.29, 1.82) is 0 Å². The van der Waals surface area contributed by atoms with E-state index in [0.29, 0.717) is 0 Å². The van der Waals surface area contributed by atoms with Crippen molar-refractivity contribution in [2.45, 2.75) is 4.32 Å². The first-order valence-corrected chi connectivity index (χ1v) is 10.1. The van der Waals surface area contributed by atoms with E-state index in [1.165, 1.54) is 0 Å². The molecule has 1 aromatic rings. The maximum absolute atomic E-state index is 3.83. The fraction of sp³-hybridized carbons (Fsp3) is 0.0909. The summed E-state index contributed by atoms with van der Waals surface area (Å²) < 4.78 is 5.62. The summed E-state index contributed by atoms with van der Waals surface area (Å²) in [7, 11) is 0. The van der Waals surface area contributed by atoms with E-state index < -0.39 is 4.32 Å². The van der Waals surface area contributed by atoms with Gasteiger partial charge < -0.3 is 0 Å². The molecular weight excluding hydrogens is 691 g/mol. The molecule has 0 saturated heterocycles. The summed E-state index contributed by atoms with van der Waals surface area (Å²) in [6.45, 7) is 0. The number of halogens is 7. The summed E-state index contributed by atoms with van der Waals surface area (Å²) in [4.78, 5) is 0. The van der Waals surface area contributed by atoms with Gasteiger partial charge in [0.25, 0.3) is 0 Å². The Bertz CT molecular complexity index is 561. The van der Waals surface area contributed by atoms with Gasteiger partial charge in [-0.3, -0.25) is 0 Å². The van der Waals surface area contributed by atoms with Gasteiger partial charge in [0.15, 0.2) is 0 Å².